The van der Waals surface area contributed by atoms with Gasteiger partial charge in [0.25, 0.3) is 0 Å². The van der Waals surface area contributed by atoms with E-state index in [4.69, 9.17) is 0 Å². The number of rotatable bonds is 6. The van der Waals surface area contributed by atoms with Gasteiger partial charge in [-0.15, -0.1) is 11.3 Å². The zero-order valence-electron chi connectivity index (χ0n) is 10.8. The molecule has 3 nitrogen and oxygen atoms in total. The molecular weight excluding hydrogens is 258 g/mol. The lowest BCUT2D eigenvalue weighted by atomic mass is 10.1. The second-order valence-corrected chi connectivity index (χ2v) is 5.49. The van der Waals surface area contributed by atoms with Crippen LogP contribution in [0.25, 0.3) is 0 Å². The molecule has 2 rings (SSSR count). The maximum absolute atomic E-state index is 11.5. The maximum Gasteiger partial charge on any atom is 0.325 e. The van der Waals surface area contributed by atoms with Crippen molar-refractivity contribution in [1.29, 1.82) is 0 Å². The molecule has 0 bridgehead atoms. The average molecular weight is 275 g/mol. The molecule has 0 fully saturated rings. The van der Waals surface area contributed by atoms with Crippen LogP contribution in [0, 0.1) is 0 Å². The Bertz CT molecular complexity index is 510. The summed E-state index contributed by atoms with van der Waals surface area (Å²) >= 11 is 1.71. The van der Waals surface area contributed by atoms with Crippen LogP contribution < -0.4 is 0 Å². The maximum atomic E-state index is 11.5. The van der Waals surface area contributed by atoms with Crippen LogP contribution >= 0.6 is 11.3 Å². The largest absolute Gasteiger partial charge is 0.480 e. The molecule has 0 saturated heterocycles. The minimum absolute atomic E-state index is 0.582. The molecule has 0 radical (unpaired) electrons. The number of benzene rings is 1. The van der Waals surface area contributed by atoms with Crippen LogP contribution in [0.1, 0.15) is 16.5 Å². The Hall–Kier alpha value is -1.65. The summed E-state index contributed by atoms with van der Waals surface area (Å²) in [6, 6.07) is 12.9. The highest BCUT2D eigenvalue weighted by atomic mass is 32.1. The van der Waals surface area contributed by atoms with E-state index in [1.54, 1.807) is 11.3 Å². The van der Waals surface area contributed by atoms with Gasteiger partial charge in [-0.05, 0) is 30.5 Å². The van der Waals surface area contributed by atoms with Crippen molar-refractivity contribution in [2.75, 3.05) is 13.6 Å². The molecular formula is C15H17NO2S. The quantitative estimate of drug-likeness (QED) is 0.881. The van der Waals surface area contributed by atoms with Crippen molar-refractivity contribution < 1.29 is 9.90 Å². The Morgan fingerprint density at radius 3 is 2.58 bits per heavy atom. The van der Waals surface area contributed by atoms with E-state index >= 15 is 0 Å². The third-order valence-electron chi connectivity index (χ3n) is 3.08. The van der Waals surface area contributed by atoms with E-state index in [1.807, 2.05) is 53.7 Å². The average Bonchev–Trinajstić information content (AvgIpc) is 2.90. The van der Waals surface area contributed by atoms with Crippen LogP contribution in [0.5, 0.6) is 0 Å². The summed E-state index contributed by atoms with van der Waals surface area (Å²) in [4.78, 5) is 14.6. The molecule has 0 aliphatic heterocycles. The van der Waals surface area contributed by atoms with Gasteiger partial charge in [0.05, 0.1) is 0 Å². The van der Waals surface area contributed by atoms with Gasteiger partial charge in [0, 0.05) is 11.4 Å². The van der Waals surface area contributed by atoms with Crippen molar-refractivity contribution in [3.05, 3.63) is 58.3 Å². The first-order chi connectivity index (χ1) is 9.18. The Balaban J connectivity index is 2.05. The highest BCUT2D eigenvalue weighted by Gasteiger charge is 2.24. The lowest BCUT2D eigenvalue weighted by molar-refractivity contribution is -0.143. The van der Waals surface area contributed by atoms with Gasteiger partial charge in [-0.1, -0.05) is 36.4 Å². The van der Waals surface area contributed by atoms with Crippen molar-refractivity contribution in [3.63, 3.8) is 0 Å². The van der Waals surface area contributed by atoms with E-state index < -0.39 is 12.0 Å². The molecule has 1 aromatic carbocycles. The molecule has 100 valence electrons. The highest BCUT2D eigenvalue weighted by Crippen LogP contribution is 2.20. The first kappa shape index (κ1) is 13.8. The van der Waals surface area contributed by atoms with Crippen molar-refractivity contribution >= 4 is 17.3 Å². The number of likely N-dealkylation sites (N-methyl/N-ethyl adjacent to an activating group) is 1. The predicted octanol–water partition coefficient (Wildman–Crippen LogP) is 3.05. The molecule has 4 heteroatoms. The molecule has 0 saturated carbocycles. The van der Waals surface area contributed by atoms with Crippen LogP contribution in [-0.2, 0) is 11.2 Å². The van der Waals surface area contributed by atoms with Crippen LogP contribution in [0.15, 0.2) is 47.8 Å². The Morgan fingerprint density at radius 1 is 1.26 bits per heavy atom. The number of carboxylic acids is 1. The number of thiophene rings is 1. The minimum atomic E-state index is -0.806. The molecule has 0 aliphatic carbocycles. The molecule has 19 heavy (non-hydrogen) atoms. The van der Waals surface area contributed by atoms with Gasteiger partial charge >= 0.3 is 5.97 Å². The first-order valence-electron chi connectivity index (χ1n) is 6.19. The summed E-state index contributed by atoms with van der Waals surface area (Å²) in [6.45, 7) is 0.729. The second-order valence-electron chi connectivity index (χ2n) is 4.46. The molecule has 1 heterocycles. The summed E-state index contributed by atoms with van der Waals surface area (Å²) in [6.07, 6.45) is 0.880. The lowest BCUT2D eigenvalue weighted by Crippen LogP contribution is -2.32. The Labute approximate surface area is 117 Å². The molecule has 1 atom stereocenters. The van der Waals surface area contributed by atoms with E-state index in [0.29, 0.717) is 0 Å². The van der Waals surface area contributed by atoms with E-state index in [-0.39, 0.29) is 0 Å². The monoisotopic (exact) mass is 275 g/mol. The number of carboxylic acid groups (broad SMARTS) is 1. The van der Waals surface area contributed by atoms with Crippen molar-refractivity contribution in [2.45, 2.75) is 12.5 Å². The van der Waals surface area contributed by atoms with Crippen LogP contribution in [-0.4, -0.2) is 29.6 Å². The number of aliphatic carboxylic acids is 1. The number of carbonyl (C=O) groups is 1. The van der Waals surface area contributed by atoms with Gasteiger partial charge in [0.2, 0.25) is 0 Å². The molecule has 0 spiro atoms. The van der Waals surface area contributed by atoms with E-state index in [9.17, 15) is 9.90 Å². The molecule has 0 amide bonds. The molecule has 2 aromatic rings. The highest BCUT2D eigenvalue weighted by molar-refractivity contribution is 7.09. The zero-order chi connectivity index (χ0) is 13.7. The summed E-state index contributed by atoms with van der Waals surface area (Å²) in [5.41, 5.74) is 0.823. The topological polar surface area (TPSA) is 40.5 Å². The number of nitrogens with zero attached hydrogens (tertiary/aromatic N) is 1. The first-order valence-corrected chi connectivity index (χ1v) is 7.07. The van der Waals surface area contributed by atoms with Crippen molar-refractivity contribution in [2.24, 2.45) is 0 Å². The fourth-order valence-corrected chi connectivity index (χ4v) is 2.79. The predicted molar refractivity (Wildman–Crippen MR) is 77.5 cm³/mol. The number of hydrogen-bond acceptors (Lipinski definition) is 3. The van der Waals surface area contributed by atoms with Gasteiger partial charge < -0.3 is 5.11 Å². The van der Waals surface area contributed by atoms with Crippen LogP contribution in [0.3, 0.4) is 0 Å². The van der Waals surface area contributed by atoms with Gasteiger partial charge in [0.15, 0.2) is 0 Å². The summed E-state index contributed by atoms with van der Waals surface area (Å²) < 4.78 is 0. The minimum Gasteiger partial charge on any atom is -0.480 e. The molecule has 1 unspecified atom stereocenters. The smallest absolute Gasteiger partial charge is 0.325 e. The fraction of sp³-hybridized carbons (Fsp3) is 0.267. The lowest BCUT2D eigenvalue weighted by Gasteiger charge is -2.24. The molecule has 1 N–H and O–H groups in total. The molecule has 0 aliphatic rings. The van der Waals surface area contributed by atoms with Gasteiger partial charge in [0.1, 0.15) is 6.04 Å². The standard InChI is InChI=1S/C15H17NO2S/c1-16(10-9-13-8-5-11-19-13)14(15(17)18)12-6-3-2-4-7-12/h2-8,11,14H,9-10H2,1H3,(H,17,18). The van der Waals surface area contributed by atoms with E-state index in [0.717, 1.165) is 18.5 Å². The van der Waals surface area contributed by atoms with Crippen LogP contribution in [0.2, 0.25) is 0 Å². The van der Waals surface area contributed by atoms with Gasteiger partial charge in [-0.3, -0.25) is 9.69 Å². The normalized spacial score (nSPS) is 12.5. The van der Waals surface area contributed by atoms with Crippen LogP contribution in [0.4, 0.5) is 0 Å². The summed E-state index contributed by atoms with van der Waals surface area (Å²) in [7, 11) is 1.86. The SMILES string of the molecule is CN(CCc1cccs1)C(C(=O)O)c1ccccc1. The fourth-order valence-electron chi connectivity index (χ4n) is 2.09. The Morgan fingerprint density at radius 2 is 2.00 bits per heavy atom. The van der Waals surface area contributed by atoms with E-state index in [1.165, 1.54) is 4.88 Å². The van der Waals surface area contributed by atoms with Crippen molar-refractivity contribution in [1.82, 2.24) is 4.90 Å². The zero-order valence-corrected chi connectivity index (χ0v) is 11.6. The molecule has 1 aromatic heterocycles. The summed E-state index contributed by atoms with van der Waals surface area (Å²) in [5, 5.41) is 11.5. The van der Waals surface area contributed by atoms with Crippen molar-refractivity contribution in [3.8, 4) is 0 Å². The number of hydrogen-bond donors (Lipinski definition) is 1. The third kappa shape index (κ3) is 3.66. The third-order valence-corrected chi connectivity index (χ3v) is 4.02. The second kappa shape index (κ2) is 6.50. The van der Waals surface area contributed by atoms with Gasteiger partial charge in [-0.25, -0.2) is 0 Å². The van der Waals surface area contributed by atoms with Gasteiger partial charge in [-0.2, -0.15) is 0 Å². The Kier molecular flexibility index (Phi) is 4.71. The summed E-state index contributed by atoms with van der Waals surface area (Å²) in [5.74, 6) is -0.806. The van der Waals surface area contributed by atoms with E-state index in [2.05, 4.69) is 6.07 Å².